The second kappa shape index (κ2) is 7.58. The molecule has 0 fully saturated rings. The van der Waals surface area contributed by atoms with Crippen LogP contribution in [0.1, 0.15) is 36.8 Å². The van der Waals surface area contributed by atoms with Crippen LogP contribution in [-0.4, -0.2) is 24.4 Å². The third-order valence-electron chi connectivity index (χ3n) is 4.69. The van der Waals surface area contributed by atoms with Crippen LogP contribution in [0, 0.1) is 11.3 Å². The average molecular weight is 368 g/mol. The SMILES string of the molecule is C[C@H]1C[C@@H](C(N)=O)c2ccccc2N1CCC(=O)Nc1sccc1C#N. The lowest BCUT2D eigenvalue weighted by Crippen LogP contribution is -2.43. The molecule has 2 aromatic rings. The highest BCUT2D eigenvalue weighted by Gasteiger charge is 2.32. The summed E-state index contributed by atoms with van der Waals surface area (Å²) in [6.45, 7) is 2.57. The van der Waals surface area contributed by atoms with Crippen molar-refractivity contribution in [1.82, 2.24) is 0 Å². The van der Waals surface area contributed by atoms with Gasteiger partial charge in [0.25, 0.3) is 0 Å². The Labute approximate surface area is 156 Å². The van der Waals surface area contributed by atoms with Crippen LogP contribution in [-0.2, 0) is 9.59 Å². The van der Waals surface area contributed by atoms with Gasteiger partial charge in [-0.25, -0.2) is 0 Å². The number of rotatable bonds is 5. The lowest BCUT2D eigenvalue weighted by molar-refractivity contribution is -0.120. The number of nitrogens with two attached hydrogens (primary N) is 1. The fraction of sp³-hybridized carbons (Fsp3) is 0.316. The first-order valence-corrected chi connectivity index (χ1v) is 9.31. The molecule has 0 unspecified atom stereocenters. The number of nitrogens with one attached hydrogen (secondary N) is 1. The molecule has 1 aliphatic rings. The smallest absolute Gasteiger partial charge is 0.226 e. The summed E-state index contributed by atoms with van der Waals surface area (Å²) in [5, 5.41) is 14.2. The van der Waals surface area contributed by atoms with E-state index >= 15 is 0 Å². The standard InChI is InChI=1S/C19H20N4O2S/c1-12-10-15(18(21)25)14-4-2-3-5-16(14)23(12)8-6-17(24)22-19-13(11-20)7-9-26-19/h2-5,7,9,12,15H,6,8,10H2,1H3,(H2,21,25)(H,22,24)/t12-,15+/m0/s1. The van der Waals surface area contributed by atoms with Crippen molar-refractivity contribution in [2.75, 3.05) is 16.8 Å². The van der Waals surface area contributed by atoms with Crippen LogP contribution in [0.5, 0.6) is 0 Å². The first-order valence-electron chi connectivity index (χ1n) is 8.43. The molecule has 0 bridgehead atoms. The Bertz CT molecular complexity index is 870. The van der Waals surface area contributed by atoms with Gasteiger partial charge in [0.05, 0.1) is 11.5 Å². The molecule has 7 heteroatoms. The zero-order valence-corrected chi connectivity index (χ0v) is 15.3. The normalized spacial score (nSPS) is 18.7. The number of primary amides is 1. The third kappa shape index (κ3) is 3.55. The van der Waals surface area contributed by atoms with E-state index in [9.17, 15) is 9.59 Å². The summed E-state index contributed by atoms with van der Waals surface area (Å²) in [4.78, 5) is 26.2. The van der Waals surface area contributed by atoms with Gasteiger partial charge in [-0.15, -0.1) is 11.3 Å². The molecule has 0 saturated carbocycles. The van der Waals surface area contributed by atoms with Crippen molar-refractivity contribution in [2.45, 2.75) is 31.7 Å². The van der Waals surface area contributed by atoms with E-state index in [0.29, 0.717) is 30.0 Å². The number of hydrogen-bond donors (Lipinski definition) is 2. The Morgan fingerprint density at radius 3 is 2.88 bits per heavy atom. The van der Waals surface area contributed by atoms with Gasteiger partial charge in [0.1, 0.15) is 11.1 Å². The summed E-state index contributed by atoms with van der Waals surface area (Å²) >= 11 is 1.34. The van der Waals surface area contributed by atoms with Gasteiger partial charge >= 0.3 is 0 Å². The number of carbonyl (C=O) groups excluding carboxylic acids is 2. The van der Waals surface area contributed by atoms with Crippen molar-refractivity contribution in [3.05, 3.63) is 46.8 Å². The van der Waals surface area contributed by atoms with Crippen molar-refractivity contribution in [3.8, 4) is 6.07 Å². The van der Waals surface area contributed by atoms with Gasteiger partial charge in [0, 0.05) is 24.7 Å². The van der Waals surface area contributed by atoms with E-state index < -0.39 is 0 Å². The molecule has 3 N–H and O–H groups in total. The number of anilines is 2. The highest BCUT2D eigenvalue weighted by atomic mass is 32.1. The monoisotopic (exact) mass is 368 g/mol. The maximum Gasteiger partial charge on any atom is 0.226 e. The highest BCUT2D eigenvalue weighted by Crippen LogP contribution is 2.38. The quantitative estimate of drug-likeness (QED) is 0.847. The van der Waals surface area contributed by atoms with E-state index in [0.717, 1.165) is 11.3 Å². The molecule has 26 heavy (non-hydrogen) atoms. The zero-order valence-electron chi connectivity index (χ0n) is 14.4. The maximum atomic E-state index is 12.3. The lowest BCUT2D eigenvalue weighted by Gasteiger charge is -2.40. The topological polar surface area (TPSA) is 99.2 Å². The molecule has 2 heterocycles. The maximum absolute atomic E-state index is 12.3. The number of carbonyl (C=O) groups is 2. The van der Waals surface area contributed by atoms with Crippen LogP contribution in [0.3, 0.4) is 0 Å². The van der Waals surface area contributed by atoms with Crippen molar-refractivity contribution in [1.29, 1.82) is 5.26 Å². The number of nitriles is 1. The minimum Gasteiger partial charge on any atom is -0.369 e. The number of fused-ring (bicyclic) bond motifs is 1. The summed E-state index contributed by atoms with van der Waals surface area (Å²) in [5.74, 6) is -0.746. The van der Waals surface area contributed by atoms with E-state index in [1.807, 2.05) is 31.2 Å². The summed E-state index contributed by atoms with van der Waals surface area (Å²) < 4.78 is 0. The molecule has 0 saturated heterocycles. The van der Waals surface area contributed by atoms with Gasteiger partial charge in [0.15, 0.2) is 0 Å². The van der Waals surface area contributed by atoms with Gasteiger partial charge < -0.3 is 16.0 Å². The molecule has 0 spiro atoms. The van der Waals surface area contributed by atoms with Crippen molar-refractivity contribution in [3.63, 3.8) is 0 Å². The number of hydrogen-bond acceptors (Lipinski definition) is 5. The number of benzene rings is 1. The zero-order chi connectivity index (χ0) is 18.7. The second-order valence-corrected chi connectivity index (χ2v) is 7.28. The Balaban J connectivity index is 1.71. The van der Waals surface area contributed by atoms with Gasteiger partial charge in [-0.1, -0.05) is 18.2 Å². The molecular weight excluding hydrogens is 348 g/mol. The fourth-order valence-electron chi connectivity index (χ4n) is 3.39. The van der Waals surface area contributed by atoms with Gasteiger partial charge in [-0.2, -0.15) is 5.26 Å². The number of nitrogens with zero attached hydrogens (tertiary/aromatic N) is 2. The Hall–Kier alpha value is -2.85. The van der Waals surface area contributed by atoms with Crippen LogP contribution < -0.4 is 16.0 Å². The van der Waals surface area contributed by atoms with E-state index in [4.69, 9.17) is 11.0 Å². The largest absolute Gasteiger partial charge is 0.369 e. The van der Waals surface area contributed by atoms with Crippen molar-refractivity contribution >= 4 is 33.8 Å². The Morgan fingerprint density at radius 1 is 1.38 bits per heavy atom. The van der Waals surface area contributed by atoms with Crippen molar-refractivity contribution < 1.29 is 9.59 Å². The number of thiophene rings is 1. The molecule has 0 radical (unpaired) electrons. The van der Waals surface area contributed by atoms with E-state index in [-0.39, 0.29) is 23.8 Å². The molecule has 0 aliphatic carbocycles. The molecule has 2 amide bonds. The fourth-order valence-corrected chi connectivity index (χ4v) is 4.15. The van der Waals surface area contributed by atoms with Crippen molar-refractivity contribution in [2.24, 2.45) is 5.73 Å². The minimum atomic E-state index is -0.316. The summed E-state index contributed by atoms with van der Waals surface area (Å²) in [6.07, 6.45) is 0.931. The predicted molar refractivity (Wildman–Crippen MR) is 102 cm³/mol. The lowest BCUT2D eigenvalue weighted by atomic mass is 9.85. The summed E-state index contributed by atoms with van der Waals surface area (Å²) in [7, 11) is 0. The van der Waals surface area contributed by atoms with Gasteiger partial charge in [0.2, 0.25) is 11.8 Å². The number of amides is 2. The van der Waals surface area contributed by atoms with Gasteiger partial charge in [-0.3, -0.25) is 9.59 Å². The molecular formula is C19H20N4O2S. The average Bonchev–Trinajstić information content (AvgIpc) is 3.07. The van der Waals surface area contributed by atoms with Crippen LogP contribution in [0.2, 0.25) is 0 Å². The van der Waals surface area contributed by atoms with E-state index in [1.165, 1.54) is 11.3 Å². The molecule has 2 atom stereocenters. The van der Waals surface area contributed by atoms with Crippen LogP contribution in [0.25, 0.3) is 0 Å². The molecule has 1 aromatic carbocycles. The van der Waals surface area contributed by atoms with E-state index in [1.54, 1.807) is 11.4 Å². The molecule has 3 rings (SSSR count). The first-order chi connectivity index (χ1) is 12.5. The van der Waals surface area contributed by atoms with Gasteiger partial charge in [-0.05, 0) is 36.4 Å². The third-order valence-corrected chi connectivity index (χ3v) is 5.52. The molecule has 134 valence electrons. The Kier molecular flexibility index (Phi) is 5.24. The molecule has 1 aromatic heterocycles. The first kappa shape index (κ1) is 18.0. The molecule has 6 nitrogen and oxygen atoms in total. The minimum absolute atomic E-state index is 0.103. The summed E-state index contributed by atoms with van der Waals surface area (Å²) in [5.41, 5.74) is 7.92. The molecule has 1 aliphatic heterocycles. The number of para-hydroxylation sites is 1. The van der Waals surface area contributed by atoms with Crippen LogP contribution in [0.4, 0.5) is 10.7 Å². The highest BCUT2D eigenvalue weighted by molar-refractivity contribution is 7.14. The van der Waals surface area contributed by atoms with E-state index in [2.05, 4.69) is 16.3 Å². The van der Waals surface area contributed by atoms with Crippen LogP contribution in [0.15, 0.2) is 35.7 Å². The predicted octanol–water partition coefficient (Wildman–Crippen LogP) is 2.82. The van der Waals surface area contributed by atoms with Crippen LogP contribution >= 0.6 is 11.3 Å². The Morgan fingerprint density at radius 2 is 2.15 bits per heavy atom. The summed E-state index contributed by atoms with van der Waals surface area (Å²) in [6, 6.07) is 11.6. The second-order valence-electron chi connectivity index (χ2n) is 6.37.